The molecule has 16 heavy (non-hydrogen) atoms. The van der Waals surface area contributed by atoms with Gasteiger partial charge in [0.2, 0.25) is 0 Å². The van der Waals surface area contributed by atoms with Crippen LogP contribution in [0.4, 0.5) is 0 Å². The van der Waals surface area contributed by atoms with Gasteiger partial charge in [-0.3, -0.25) is 10.3 Å². The quantitative estimate of drug-likeness (QED) is 0.558. The third-order valence-electron chi connectivity index (χ3n) is 3.76. The standard InChI is InChI=1S/C13H27N3/c1-10(2)16(9-8-13(14)15)12-6-4-11(3)5-7-12/h10-12H,4-9H2,1-3H3,(H3,14,15). The summed E-state index contributed by atoms with van der Waals surface area (Å²) in [5.41, 5.74) is 5.45. The molecule has 94 valence electrons. The van der Waals surface area contributed by atoms with E-state index in [1.165, 1.54) is 25.7 Å². The molecule has 0 amide bonds. The molecule has 0 bridgehead atoms. The van der Waals surface area contributed by atoms with Crippen molar-refractivity contribution in [3.8, 4) is 0 Å². The van der Waals surface area contributed by atoms with Gasteiger partial charge < -0.3 is 5.73 Å². The second-order valence-electron chi connectivity index (χ2n) is 5.52. The maximum Gasteiger partial charge on any atom is 0.0918 e. The van der Waals surface area contributed by atoms with Gasteiger partial charge in [-0.05, 0) is 45.4 Å². The minimum Gasteiger partial charge on any atom is -0.388 e. The van der Waals surface area contributed by atoms with Crippen molar-refractivity contribution in [2.75, 3.05) is 6.54 Å². The lowest BCUT2D eigenvalue weighted by molar-refractivity contribution is 0.111. The predicted molar refractivity (Wildman–Crippen MR) is 69.8 cm³/mol. The zero-order valence-corrected chi connectivity index (χ0v) is 11.0. The molecule has 3 nitrogen and oxygen atoms in total. The highest BCUT2D eigenvalue weighted by molar-refractivity contribution is 5.76. The largest absolute Gasteiger partial charge is 0.388 e. The Bertz CT molecular complexity index is 217. The highest BCUT2D eigenvalue weighted by atomic mass is 15.2. The molecule has 0 spiro atoms. The van der Waals surface area contributed by atoms with E-state index in [1.54, 1.807) is 0 Å². The number of nitrogens with zero attached hydrogens (tertiary/aromatic N) is 1. The van der Waals surface area contributed by atoms with Gasteiger partial charge >= 0.3 is 0 Å². The van der Waals surface area contributed by atoms with Gasteiger partial charge in [-0.25, -0.2) is 0 Å². The summed E-state index contributed by atoms with van der Waals surface area (Å²) in [5.74, 6) is 1.22. The first-order valence-electron chi connectivity index (χ1n) is 6.59. The lowest BCUT2D eigenvalue weighted by Gasteiger charge is -2.38. The Kier molecular flexibility index (Phi) is 5.26. The minimum atomic E-state index is 0.315. The molecule has 0 aromatic rings. The molecule has 0 atom stereocenters. The van der Waals surface area contributed by atoms with Crippen molar-refractivity contribution in [1.82, 2.24) is 4.90 Å². The highest BCUT2D eigenvalue weighted by Gasteiger charge is 2.25. The average molecular weight is 225 g/mol. The van der Waals surface area contributed by atoms with E-state index >= 15 is 0 Å². The van der Waals surface area contributed by atoms with Crippen LogP contribution in [-0.2, 0) is 0 Å². The number of hydrogen-bond donors (Lipinski definition) is 2. The van der Waals surface area contributed by atoms with Crippen LogP contribution in [0.25, 0.3) is 0 Å². The Morgan fingerprint density at radius 2 is 1.88 bits per heavy atom. The second-order valence-corrected chi connectivity index (χ2v) is 5.52. The smallest absolute Gasteiger partial charge is 0.0918 e. The maximum absolute atomic E-state index is 7.33. The van der Waals surface area contributed by atoms with Gasteiger partial charge in [-0.1, -0.05) is 6.92 Å². The SMILES string of the molecule is CC1CCC(N(CCC(=N)N)C(C)C)CC1. The summed E-state index contributed by atoms with van der Waals surface area (Å²) in [5, 5.41) is 7.33. The number of amidine groups is 1. The van der Waals surface area contributed by atoms with Crippen molar-refractivity contribution >= 4 is 5.84 Å². The number of hydrogen-bond acceptors (Lipinski definition) is 2. The van der Waals surface area contributed by atoms with E-state index in [1.807, 2.05) is 0 Å². The normalized spacial score (nSPS) is 26.3. The van der Waals surface area contributed by atoms with Crippen LogP contribution in [0.3, 0.4) is 0 Å². The van der Waals surface area contributed by atoms with Crippen molar-refractivity contribution in [1.29, 1.82) is 5.41 Å². The van der Waals surface area contributed by atoms with E-state index in [0.29, 0.717) is 18.3 Å². The Hall–Kier alpha value is -0.570. The van der Waals surface area contributed by atoms with Gasteiger partial charge in [0.1, 0.15) is 0 Å². The Balaban J connectivity index is 2.46. The summed E-state index contributed by atoms with van der Waals surface area (Å²) in [4.78, 5) is 2.54. The molecule has 1 fully saturated rings. The molecule has 0 heterocycles. The molecule has 0 aliphatic heterocycles. The first-order chi connectivity index (χ1) is 7.50. The zero-order chi connectivity index (χ0) is 12.1. The molecule has 0 radical (unpaired) electrons. The van der Waals surface area contributed by atoms with Crippen LogP contribution >= 0.6 is 0 Å². The van der Waals surface area contributed by atoms with E-state index in [-0.39, 0.29) is 0 Å². The van der Waals surface area contributed by atoms with Crippen molar-refractivity contribution in [3.63, 3.8) is 0 Å². The van der Waals surface area contributed by atoms with E-state index in [0.717, 1.165) is 18.5 Å². The fourth-order valence-electron chi connectivity index (χ4n) is 2.69. The first-order valence-corrected chi connectivity index (χ1v) is 6.59. The Labute approximate surface area is 99.9 Å². The number of nitrogens with one attached hydrogen (secondary N) is 1. The molecule has 1 rings (SSSR count). The average Bonchev–Trinajstić information content (AvgIpc) is 2.20. The third-order valence-corrected chi connectivity index (χ3v) is 3.76. The van der Waals surface area contributed by atoms with Crippen LogP contribution in [0.15, 0.2) is 0 Å². The van der Waals surface area contributed by atoms with Crippen LogP contribution < -0.4 is 5.73 Å². The fourth-order valence-corrected chi connectivity index (χ4v) is 2.69. The Morgan fingerprint density at radius 3 is 2.31 bits per heavy atom. The van der Waals surface area contributed by atoms with Gasteiger partial charge in [0.25, 0.3) is 0 Å². The highest BCUT2D eigenvalue weighted by Crippen LogP contribution is 2.28. The van der Waals surface area contributed by atoms with Gasteiger partial charge in [-0.15, -0.1) is 0 Å². The topological polar surface area (TPSA) is 53.1 Å². The lowest BCUT2D eigenvalue weighted by Crippen LogP contribution is -2.43. The molecule has 0 unspecified atom stereocenters. The minimum absolute atomic E-state index is 0.315. The number of rotatable bonds is 5. The lowest BCUT2D eigenvalue weighted by atomic mass is 9.86. The molecule has 1 aliphatic carbocycles. The van der Waals surface area contributed by atoms with Crippen molar-refractivity contribution < 1.29 is 0 Å². The molecule has 1 aliphatic rings. The van der Waals surface area contributed by atoms with Crippen molar-refractivity contribution in [2.45, 2.75) is 65.0 Å². The summed E-state index contributed by atoms with van der Waals surface area (Å²) in [6, 6.07) is 1.29. The molecule has 0 aromatic carbocycles. The maximum atomic E-state index is 7.33. The molecule has 1 saturated carbocycles. The first kappa shape index (κ1) is 13.5. The summed E-state index contributed by atoms with van der Waals surface area (Å²) in [6.07, 6.45) is 6.06. The van der Waals surface area contributed by atoms with Gasteiger partial charge in [0.15, 0.2) is 0 Å². The molecule has 3 N–H and O–H groups in total. The van der Waals surface area contributed by atoms with Crippen LogP contribution in [0.5, 0.6) is 0 Å². The number of nitrogens with two attached hydrogens (primary N) is 1. The van der Waals surface area contributed by atoms with E-state index < -0.39 is 0 Å². The van der Waals surface area contributed by atoms with Crippen LogP contribution in [0.2, 0.25) is 0 Å². The fraction of sp³-hybridized carbons (Fsp3) is 0.923. The predicted octanol–water partition coefficient (Wildman–Crippen LogP) is 2.60. The van der Waals surface area contributed by atoms with Gasteiger partial charge in [0.05, 0.1) is 5.84 Å². The molecule has 0 saturated heterocycles. The molecular weight excluding hydrogens is 198 g/mol. The van der Waals surface area contributed by atoms with E-state index in [9.17, 15) is 0 Å². The van der Waals surface area contributed by atoms with Crippen molar-refractivity contribution in [3.05, 3.63) is 0 Å². The van der Waals surface area contributed by atoms with Crippen molar-refractivity contribution in [2.24, 2.45) is 11.7 Å². The third kappa shape index (κ3) is 4.12. The second kappa shape index (κ2) is 6.24. The summed E-state index contributed by atoms with van der Waals surface area (Å²) in [7, 11) is 0. The molecular formula is C13H27N3. The summed E-state index contributed by atoms with van der Waals surface area (Å²) < 4.78 is 0. The van der Waals surface area contributed by atoms with E-state index in [4.69, 9.17) is 11.1 Å². The van der Waals surface area contributed by atoms with Crippen LogP contribution in [-0.4, -0.2) is 29.4 Å². The van der Waals surface area contributed by atoms with E-state index in [2.05, 4.69) is 25.7 Å². The van der Waals surface area contributed by atoms with Gasteiger partial charge in [0, 0.05) is 25.0 Å². The summed E-state index contributed by atoms with van der Waals surface area (Å²) >= 11 is 0. The Morgan fingerprint density at radius 1 is 1.31 bits per heavy atom. The molecule has 0 aromatic heterocycles. The van der Waals surface area contributed by atoms with Gasteiger partial charge in [-0.2, -0.15) is 0 Å². The van der Waals surface area contributed by atoms with Crippen LogP contribution in [0, 0.1) is 11.3 Å². The monoisotopic (exact) mass is 225 g/mol. The zero-order valence-electron chi connectivity index (χ0n) is 11.0. The molecule has 3 heteroatoms. The van der Waals surface area contributed by atoms with Crippen LogP contribution in [0.1, 0.15) is 52.9 Å². The summed E-state index contributed by atoms with van der Waals surface area (Å²) in [6.45, 7) is 7.80.